The van der Waals surface area contributed by atoms with Crippen LogP contribution in [0.2, 0.25) is 0 Å². The molecule has 108 valence electrons. The largest absolute Gasteiger partial charge is 0.271 e. The second kappa shape index (κ2) is 8.28. The summed E-state index contributed by atoms with van der Waals surface area (Å²) in [5, 5.41) is 0. The van der Waals surface area contributed by atoms with Gasteiger partial charge < -0.3 is 0 Å². The third-order valence-electron chi connectivity index (χ3n) is 3.90. The number of hydrogen-bond donors (Lipinski definition) is 2. The third-order valence-corrected chi connectivity index (χ3v) is 3.90. The van der Waals surface area contributed by atoms with Gasteiger partial charge in [0.15, 0.2) is 0 Å². The van der Waals surface area contributed by atoms with Crippen LogP contribution in [0.25, 0.3) is 0 Å². The number of nitrogens with zero attached hydrogens (tertiary/aromatic N) is 1. The van der Waals surface area contributed by atoms with Gasteiger partial charge in [-0.1, -0.05) is 45.6 Å². The molecule has 0 aliphatic rings. The van der Waals surface area contributed by atoms with Crippen LogP contribution >= 0.6 is 0 Å². The molecule has 1 rings (SSSR count). The molecule has 2 unspecified atom stereocenters. The minimum Gasteiger partial charge on any atom is -0.271 e. The van der Waals surface area contributed by atoms with Gasteiger partial charge in [0.2, 0.25) is 0 Å². The highest BCUT2D eigenvalue weighted by Gasteiger charge is 2.18. The van der Waals surface area contributed by atoms with E-state index in [-0.39, 0.29) is 6.04 Å². The normalized spacial score (nSPS) is 14.4. The highest BCUT2D eigenvalue weighted by molar-refractivity contribution is 5.25. The maximum absolute atomic E-state index is 5.75. The zero-order chi connectivity index (χ0) is 14.3. The van der Waals surface area contributed by atoms with E-state index in [0.29, 0.717) is 0 Å². The molecule has 3 nitrogen and oxygen atoms in total. The van der Waals surface area contributed by atoms with Gasteiger partial charge in [-0.2, -0.15) is 0 Å². The molecular weight excluding hydrogens is 234 g/mol. The second-order valence-electron chi connectivity index (χ2n) is 5.59. The van der Waals surface area contributed by atoms with Gasteiger partial charge in [0.05, 0.1) is 11.7 Å². The summed E-state index contributed by atoms with van der Waals surface area (Å²) in [4.78, 5) is 4.57. The van der Waals surface area contributed by atoms with Crippen molar-refractivity contribution in [1.29, 1.82) is 0 Å². The summed E-state index contributed by atoms with van der Waals surface area (Å²) in [5.41, 5.74) is 6.49. The first-order valence-corrected chi connectivity index (χ1v) is 7.51. The van der Waals surface area contributed by atoms with Crippen molar-refractivity contribution < 1.29 is 0 Å². The molecule has 0 fully saturated rings. The van der Waals surface area contributed by atoms with Crippen molar-refractivity contribution in [2.75, 3.05) is 0 Å². The number of aryl methyl sites for hydroxylation is 2. The van der Waals surface area contributed by atoms with Crippen molar-refractivity contribution in [2.45, 2.75) is 65.8 Å². The highest BCUT2D eigenvalue weighted by Crippen LogP contribution is 2.27. The Bertz CT molecular complexity index is 376. The lowest BCUT2D eigenvalue weighted by Gasteiger charge is -2.23. The second-order valence-corrected chi connectivity index (χ2v) is 5.59. The van der Waals surface area contributed by atoms with Crippen LogP contribution in [0.5, 0.6) is 0 Å². The van der Waals surface area contributed by atoms with E-state index in [2.05, 4.69) is 44.2 Å². The Balaban J connectivity index is 2.76. The van der Waals surface area contributed by atoms with Crippen molar-refractivity contribution in [3.8, 4) is 0 Å². The molecule has 3 heteroatoms. The Morgan fingerprint density at radius 2 is 2.05 bits per heavy atom. The summed E-state index contributed by atoms with van der Waals surface area (Å²) in [6.07, 6.45) is 8.07. The van der Waals surface area contributed by atoms with Crippen LogP contribution in [0.15, 0.2) is 12.3 Å². The number of hydrazine groups is 1. The van der Waals surface area contributed by atoms with Crippen molar-refractivity contribution in [1.82, 2.24) is 10.4 Å². The molecule has 1 heterocycles. The molecule has 1 aromatic heterocycles. The molecule has 0 saturated heterocycles. The smallest absolute Gasteiger partial charge is 0.0637 e. The topological polar surface area (TPSA) is 50.9 Å². The van der Waals surface area contributed by atoms with Crippen LogP contribution in [-0.2, 0) is 0 Å². The van der Waals surface area contributed by atoms with Crippen LogP contribution < -0.4 is 11.3 Å². The van der Waals surface area contributed by atoms with Gasteiger partial charge in [0.25, 0.3) is 0 Å². The van der Waals surface area contributed by atoms with Gasteiger partial charge in [0.1, 0.15) is 0 Å². The highest BCUT2D eigenvalue weighted by atomic mass is 15.2. The van der Waals surface area contributed by atoms with E-state index in [9.17, 15) is 0 Å². The van der Waals surface area contributed by atoms with Crippen molar-refractivity contribution in [3.05, 3.63) is 29.1 Å². The number of rotatable bonds is 8. The lowest BCUT2D eigenvalue weighted by Crippen LogP contribution is -2.31. The molecule has 0 radical (unpaired) electrons. The van der Waals surface area contributed by atoms with Gasteiger partial charge in [-0.25, -0.2) is 0 Å². The molecule has 19 heavy (non-hydrogen) atoms. The lowest BCUT2D eigenvalue weighted by molar-refractivity contribution is 0.351. The molecule has 0 spiro atoms. The predicted molar refractivity (Wildman–Crippen MR) is 81.7 cm³/mol. The Hall–Kier alpha value is -0.930. The van der Waals surface area contributed by atoms with Gasteiger partial charge >= 0.3 is 0 Å². The number of nitrogens with two attached hydrogens (primary N) is 1. The number of hydrogen-bond acceptors (Lipinski definition) is 3. The molecule has 0 amide bonds. The molecule has 0 aliphatic carbocycles. The quantitative estimate of drug-likeness (QED) is 0.554. The summed E-state index contributed by atoms with van der Waals surface area (Å²) in [6, 6.07) is 2.35. The molecule has 0 saturated carbocycles. The summed E-state index contributed by atoms with van der Waals surface area (Å²) in [7, 11) is 0. The first-order chi connectivity index (χ1) is 9.12. The van der Waals surface area contributed by atoms with Gasteiger partial charge in [0, 0.05) is 6.20 Å². The average Bonchev–Trinajstić information content (AvgIpc) is 2.40. The fourth-order valence-corrected chi connectivity index (χ4v) is 2.66. The van der Waals surface area contributed by atoms with E-state index in [1.54, 1.807) is 0 Å². The number of nitrogens with one attached hydrogen (secondary N) is 1. The first-order valence-electron chi connectivity index (χ1n) is 7.51. The maximum Gasteiger partial charge on any atom is 0.0637 e. The molecule has 0 aliphatic heterocycles. The molecule has 2 atom stereocenters. The van der Waals surface area contributed by atoms with Crippen LogP contribution in [0.4, 0.5) is 0 Å². The lowest BCUT2D eigenvalue weighted by atomic mass is 9.90. The number of aromatic nitrogens is 1. The molecule has 0 aromatic carbocycles. The molecule has 0 bridgehead atoms. The Labute approximate surface area is 118 Å². The summed E-state index contributed by atoms with van der Waals surface area (Å²) >= 11 is 0. The van der Waals surface area contributed by atoms with Crippen LogP contribution in [0, 0.1) is 19.8 Å². The fourth-order valence-electron chi connectivity index (χ4n) is 2.66. The summed E-state index contributed by atoms with van der Waals surface area (Å²) in [5.74, 6) is 6.48. The van der Waals surface area contributed by atoms with E-state index >= 15 is 0 Å². The van der Waals surface area contributed by atoms with Crippen LogP contribution in [0.1, 0.15) is 68.8 Å². The first kappa shape index (κ1) is 16.1. The fraction of sp³-hybridized carbons (Fsp3) is 0.688. The standard InChI is InChI=1S/C16H29N3/c1-5-7-8-14(6-2)10-15(19-17)16-13(4)9-12(3)11-18-16/h9,11,14-15,19H,5-8,10,17H2,1-4H3. The number of pyridine rings is 1. The number of unbranched alkanes of at least 4 members (excludes halogenated alkanes) is 1. The van der Waals surface area contributed by atoms with E-state index in [4.69, 9.17) is 5.84 Å². The Kier molecular flexibility index (Phi) is 7.03. The molecule has 3 N–H and O–H groups in total. The van der Waals surface area contributed by atoms with E-state index < -0.39 is 0 Å². The minimum absolute atomic E-state index is 0.169. The monoisotopic (exact) mass is 263 g/mol. The summed E-state index contributed by atoms with van der Waals surface area (Å²) in [6.45, 7) is 8.71. The zero-order valence-electron chi connectivity index (χ0n) is 12.9. The predicted octanol–water partition coefficient (Wildman–Crippen LogP) is 3.81. The van der Waals surface area contributed by atoms with Gasteiger partial charge in [-0.05, 0) is 37.3 Å². The Morgan fingerprint density at radius 1 is 1.32 bits per heavy atom. The van der Waals surface area contributed by atoms with Crippen LogP contribution in [-0.4, -0.2) is 4.98 Å². The van der Waals surface area contributed by atoms with E-state index in [0.717, 1.165) is 18.0 Å². The zero-order valence-corrected chi connectivity index (χ0v) is 12.9. The van der Waals surface area contributed by atoms with Crippen molar-refractivity contribution in [3.63, 3.8) is 0 Å². The van der Waals surface area contributed by atoms with Gasteiger partial charge in [-0.3, -0.25) is 16.3 Å². The molecule has 1 aromatic rings. The van der Waals surface area contributed by atoms with Crippen molar-refractivity contribution in [2.24, 2.45) is 11.8 Å². The van der Waals surface area contributed by atoms with E-state index in [1.807, 2.05) is 6.20 Å². The third kappa shape index (κ3) is 4.92. The van der Waals surface area contributed by atoms with Crippen molar-refractivity contribution >= 4 is 0 Å². The summed E-state index contributed by atoms with van der Waals surface area (Å²) < 4.78 is 0. The Morgan fingerprint density at radius 3 is 2.58 bits per heavy atom. The van der Waals surface area contributed by atoms with Gasteiger partial charge in [-0.15, -0.1) is 0 Å². The molecular formula is C16H29N3. The maximum atomic E-state index is 5.75. The van der Waals surface area contributed by atoms with E-state index in [1.165, 1.54) is 36.8 Å². The SMILES string of the molecule is CCCCC(CC)CC(NN)c1ncc(C)cc1C. The minimum atomic E-state index is 0.169. The average molecular weight is 263 g/mol. The van der Waals surface area contributed by atoms with Crippen LogP contribution in [0.3, 0.4) is 0 Å².